The fourth-order valence-electron chi connectivity index (χ4n) is 3.77. The predicted molar refractivity (Wildman–Crippen MR) is 85.9 cm³/mol. The van der Waals surface area contributed by atoms with E-state index in [2.05, 4.69) is 31.1 Å². The maximum Gasteiger partial charge on any atom is 0.222 e. The number of aromatic amines is 1. The summed E-state index contributed by atoms with van der Waals surface area (Å²) < 4.78 is 0. The molecule has 116 valence electrons. The lowest BCUT2D eigenvalue weighted by molar-refractivity contribution is 0.495. The number of fused-ring (bicyclic) bond motifs is 1. The van der Waals surface area contributed by atoms with Gasteiger partial charge in [0.2, 0.25) is 5.95 Å². The van der Waals surface area contributed by atoms with E-state index in [-0.39, 0.29) is 0 Å². The molecule has 3 heterocycles. The molecule has 0 amide bonds. The second-order valence-electron chi connectivity index (χ2n) is 6.33. The van der Waals surface area contributed by atoms with Crippen molar-refractivity contribution in [2.45, 2.75) is 44.4 Å². The van der Waals surface area contributed by atoms with Crippen molar-refractivity contribution in [1.82, 2.24) is 20.2 Å². The van der Waals surface area contributed by atoms with Crippen LogP contribution in [-0.4, -0.2) is 33.3 Å². The molecule has 1 saturated heterocycles. The zero-order valence-corrected chi connectivity index (χ0v) is 12.8. The molecule has 0 unspecified atom stereocenters. The third-order valence-electron chi connectivity index (χ3n) is 4.86. The molecule has 1 aliphatic carbocycles. The van der Waals surface area contributed by atoms with Crippen LogP contribution in [-0.2, 0) is 12.8 Å². The molecule has 6 heteroatoms. The van der Waals surface area contributed by atoms with Crippen LogP contribution in [0.3, 0.4) is 0 Å². The first-order valence-electron chi connectivity index (χ1n) is 8.21. The molecule has 0 bridgehead atoms. The van der Waals surface area contributed by atoms with E-state index >= 15 is 0 Å². The summed E-state index contributed by atoms with van der Waals surface area (Å²) in [7, 11) is 0. The Bertz CT molecular complexity index is 651. The van der Waals surface area contributed by atoms with Crippen LogP contribution in [0.1, 0.15) is 48.6 Å². The minimum atomic E-state index is 0.416. The molecule has 6 nitrogen and oxygen atoms in total. The molecule has 3 N–H and O–H groups in total. The van der Waals surface area contributed by atoms with Gasteiger partial charge in [0.25, 0.3) is 0 Å². The number of aryl methyl sites for hydroxylation is 1. The van der Waals surface area contributed by atoms with Crippen LogP contribution in [0.4, 0.5) is 11.8 Å². The molecule has 1 aliphatic heterocycles. The van der Waals surface area contributed by atoms with E-state index in [0.29, 0.717) is 11.9 Å². The Labute approximate surface area is 130 Å². The molecule has 0 aromatic carbocycles. The number of hydrogen-bond donors (Lipinski definition) is 2. The van der Waals surface area contributed by atoms with Crippen molar-refractivity contribution in [1.29, 1.82) is 0 Å². The van der Waals surface area contributed by atoms with Gasteiger partial charge in [-0.1, -0.05) is 0 Å². The first kappa shape index (κ1) is 13.5. The average molecular weight is 298 g/mol. The molecular weight excluding hydrogens is 276 g/mol. The summed E-state index contributed by atoms with van der Waals surface area (Å²) in [5, 5.41) is 7.21. The number of piperidine rings is 1. The largest absolute Gasteiger partial charge is 0.368 e. The second-order valence-corrected chi connectivity index (χ2v) is 6.33. The zero-order chi connectivity index (χ0) is 14.9. The van der Waals surface area contributed by atoms with Crippen molar-refractivity contribution >= 4 is 11.8 Å². The maximum atomic E-state index is 5.95. The molecule has 1 atom stereocenters. The van der Waals surface area contributed by atoms with Crippen LogP contribution >= 0.6 is 0 Å². The van der Waals surface area contributed by atoms with Crippen molar-refractivity contribution in [2.24, 2.45) is 0 Å². The molecule has 2 aliphatic rings. The van der Waals surface area contributed by atoms with Gasteiger partial charge < -0.3 is 10.6 Å². The highest BCUT2D eigenvalue weighted by Gasteiger charge is 2.27. The van der Waals surface area contributed by atoms with E-state index in [4.69, 9.17) is 5.73 Å². The third-order valence-corrected chi connectivity index (χ3v) is 4.86. The number of hydrogen-bond acceptors (Lipinski definition) is 5. The van der Waals surface area contributed by atoms with Gasteiger partial charge in [-0.15, -0.1) is 0 Å². The number of nitrogens with two attached hydrogens (primary N) is 1. The van der Waals surface area contributed by atoms with E-state index in [1.54, 1.807) is 0 Å². The summed E-state index contributed by atoms with van der Waals surface area (Å²) in [4.78, 5) is 11.5. The number of rotatable bonds is 2. The van der Waals surface area contributed by atoms with E-state index in [1.807, 2.05) is 6.20 Å². The van der Waals surface area contributed by atoms with Gasteiger partial charge in [-0.2, -0.15) is 10.1 Å². The lowest BCUT2D eigenvalue weighted by Gasteiger charge is -2.35. The lowest BCUT2D eigenvalue weighted by Crippen LogP contribution is -2.36. The van der Waals surface area contributed by atoms with Gasteiger partial charge in [0.05, 0.1) is 5.69 Å². The van der Waals surface area contributed by atoms with E-state index in [0.717, 1.165) is 37.4 Å². The van der Waals surface area contributed by atoms with Crippen molar-refractivity contribution < 1.29 is 0 Å². The Balaban J connectivity index is 1.65. The maximum absolute atomic E-state index is 5.95. The SMILES string of the molecule is Nc1nc2c(c(N3CCC[C@@H](c4ccn[nH]4)C3)n1)CCCC2. The number of H-pyrrole nitrogens is 1. The Hall–Kier alpha value is -2.11. The van der Waals surface area contributed by atoms with Gasteiger partial charge in [0.1, 0.15) is 5.82 Å². The summed E-state index contributed by atoms with van der Waals surface area (Å²) >= 11 is 0. The number of nitrogens with zero attached hydrogens (tertiary/aromatic N) is 4. The second kappa shape index (κ2) is 5.59. The standard InChI is InChI=1S/C16H22N6/c17-16-19-14-6-2-1-5-12(14)15(20-16)22-9-3-4-11(10-22)13-7-8-18-21-13/h7-8,11H,1-6,9-10H2,(H,18,21)(H2,17,19,20)/t11-/m1/s1. The molecule has 0 radical (unpaired) electrons. The number of anilines is 2. The van der Waals surface area contributed by atoms with Crippen molar-refractivity contribution in [2.75, 3.05) is 23.7 Å². The van der Waals surface area contributed by atoms with Crippen molar-refractivity contribution in [3.05, 3.63) is 29.2 Å². The summed E-state index contributed by atoms with van der Waals surface area (Å²) in [6.07, 6.45) is 8.75. The van der Waals surface area contributed by atoms with E-state index in [9.17, 15) is 0 Å². The molecule has 4 rings (SSSR count). The molecule has 1 fully saturated rings. The number of nitrogen functional groups attached to an aromatic ring is 1. The minimum absolute atomic E-state index is 0.416. The normalized spacial score (nSPS) is 21.6. The van der Waals surface area contributed by atoms with E-state index in [1.165, 1.54) is 36.9 Å². The van der Waals surface area contributed by atoms with Crippen LogP contribution in [0.25, 0.3) is 0 Å². The number of aromatic nitrogens is 4. The van der Waals surface area contributed by atoms with E-state index < -0.39 is 0 Å². The molecule has 0 saturated carbocycles. The minimum Gasteiger partial charge on any atom is -0.368 e. The van der Waals surface area contributed by atoms with Gasteiger partial charge in [-0.05, 0) is 44.6 Å². The fraction of sp³-hybridized carbons (Fsp3) is 0.562. The summed E-state index contributed by atoms with van der Waals surface area (Å²) in [6.45, 7) is 2.03. The molecule has 0 spiro atoms. The van der Waals surface area contributed by atoms with Crippen LogP contribution in [0.5, 0.6) is 0 Å². The highest BCUT2D eigenvalue weighted by Crippen LogP contribution is 2.33. The van der Waals surface area contributed by atoms with Gasteiger partial charge in [-0.25, -0.2) is 4.98 Å². The number of nitrogens with one attached hydrogen (secondary N) is 1. The highest BCUT2D eigenvalue weighted by molar-refractivity contribution is 5.53. The molecular formula is C16H22N6. The molecule has 22 heavy (non-hydrogen) atoms. The van der Waals surface area contributed by atoms with Crippen LogP contribution in [0, 0.1) is 0 Å². The third kappa shape index (κ3) is 2.42. The monoisotopic (exact) mass is 298 g/mol. The van der Waals surface area contributed by atoms with Crippen molar-refractivity contribution in [3.63, 3.8) is 0 Å². The lowest BCUT2D eigenvalue weighted by atomic mass is 9.92. The van der Waals surface area contributed by atoms with Gasteiger partial charge >= 0.3 is 0 Å². The Morgan fingerprint density at radius 2 is 2.09 bits per heavy atom. The zero-order valence-electron chi connectivity index (χ0n) is 12.8. The fourth-order valence-corrected chi connectivity index (χ4v) is 3.77. The quantitative estimate of drug-likeness (QED) is 0.886. The topological polar surface area (TPSA) is 83.7 Å². The van der Waals surface area contributed by atoms with Crippen LogP contribution in [0.15, 0.2) is 12.3 Å². The van der Waals surface area contributed by atoms with Crippen LogP contribution in [0.2, 0.25) is 0 Å². The first-order valence-corrected chi connectivity index (χ1v) is 8.21. The first-order chi connectivity index (χ1) is 10.8. The van der Waals surface area contributed by atoms with Gasteiger partial charge in [-0.3, -0.25) is 5.10 Å². The summed E-state index contributed by atoms with van der Waals surface area (Å²) in [5.41, 5.74) is 9.67. The smallest absolute Gasteiger partial charge is 0.222 e. The summed E-state index contributed by atoms with van der Waals surface area (Å²) in [5.74, 6) is 1.98. The average Bonchev–Trinajstić information content (AvgIpc) is 3.09. The summed E-state index contributed by atoms with van der Waals surface area (Å²) in [6, 6.07) is 2.08. The molecule has 2 aromatic heterocycles. The Morgan fingerprint density at radius 1 is 1.18 bits per heavy atom. The predicted octanol–water partition coefficient (Wildman–Crippen LogP) is 2.04. The Morgan fingerprint density at radius 3 is 2.95 bits per heavy atom. The van der Waals surface area contributed by atoms with Gasteiger partial charge in [0.15, 0.2) is 0 Å². The molecule has 2 aromatic rings. The Kier molecular flexibility index (Phi) is 3.44. The highest BCUT2D eigenvalue weighted by atomic mass is 15.2. The van der Waals surface area contributed by atoms with Gasteiger partial charge in [0, 0.05) is 36.5 Å². The van der Waals surface area contributed by atoms with Crippen molar-refractivity contribution in [3.8, 4) is 0 Å². The van der Waals surface area contributed by atoms with Crippen LogP contribution < -0.4 is 10.6 Å².